The van der Waals surface area contributed by atoms with Crippen molar-refractivity contribution in [3.63, 3.8) is 0 Å². The Bertz CT molecular complexity index is 1190. The number of aromatic nitrogens is 4. The van der Waals surface area contributed by atoms with Crippen LogP contribution in [-0.2, 0) is 13.6 Å². The van der Waals surface area contributed by atoms with Crippen molar-refractivity contribution in [1.82, 2.24) is 29.4 Å². The number of nitrogens with zero attached hydrogens (tertiary/aromatic N) is 6. The van der Waals surface area contributed by atoms with Gasteiger partial charge in [0.15, 0.2) is 0 Å². The molecule has 0 radical (unpaired) electrons. The van der Waals surface area contributed by atoms with Gasteiger partial charge >= 0.3 is 0 Å². The average molecular weight is 427 g/mol. The number of carbonyl (C=O) groups is 1. The minimum atomic E-state index is 0.0343. The highest BCUT2D eigenvalue weighted by Gasteiger charge is 2.26. The Morgan fingerprint density at radius 3 is 2.25 bits per heavy atom. The maximum atomic E-state index is 13.5. The molecular formula is C25H26N6O. The quantitative estimate of drug-likeness (QED) is 0.492. The predicted molar refractivity (Wildman–Crippen MR) is 123 cm³/mol. The third-order valence-electron chi connectivity index (χ3n) is 5.84. The second kappa shape index (κ2) is 8.80. The van der Waals surface area contributed by atoms with Gasteiger partial charge in [-0.15, -0.1) is 0 Å². The summed E-state index contributed by atoms with van der Waals surface area (Å²) in [5, 5.41) is 9.04. The minimum absolute atomic E-state index is 0.0343. The van der Waals surface area contributed by atoms with Crippen LogP contribution >= 0.6 is 0 Å². The molecule has 162 valence electrons. The number of hydrogen-bond acceptors (Lipinski definition) is 4. The van der Waals surface area contributed by atoms with E-state index < -0.39 is 0 Å². The summed E-state index contributed by atoms with van der Waals surface area (Å²) in [5.41, 5.74) is 4.44. The van der Waals surface area contributed by atoms with E-state index in [1.54, 1.807) is 4.68 Å². The molecule has 1 fully saturated rings. The monoisotopic (exact) mass is 426 g/mol. The van der Waals surface area contributed by atoms with Gasteiger partial charge in [-0.25, -0.2) is 4.68 Å². The molecule has 3 heterocycles. The summed E-state index contributed by atoms with van der Waals surface area (Å²) in [5.74, 6) is 0.0343. The third kappa shape index (κ3) is 4.20. The van der Waals surface area contributed by atoms with E-state index in [0.717, 1.165) is 36.6 Å². The first-order valence-corrected chi connectivity index (χ1v) is 10.9. The van der Waals surface area contributed by atoms with E-state index in [2.05, 4.69) is 10.00 Å². The zero-order chi connectivity index (χ0) is 21.9. The van der Waals surface area contributed by atoms with E-state index in [1.807, 2.05) is 95.9 Å². The van der Waals surface area contributed by atoms with Crippen LogP contribution in [0.15, 0.2) is 79.3 Å². The van der Waals surface area contributed by atoms with Crippen molar-refractivity contribution in [3.05, 3.63) is 90.4 Å². The van der Waals surface area contributed by atoms with Gasteiger partial charge in [-0.3, -0.25) is 14.4 Å². The zero-order valence-electron chi connectivity index (χ0n) is 18.1. The average Bonchev–Trinajstić information content (AvgIpc) is 3.47. The van der Waals surface area contributed by atoms with Crippen LogP contribution in [-0.4, -0.2) is 61.4 Å². The van der Waals surface area contributed by atoms with E-state index in [0.29, 0.717) is 18.7 Å². The van der Waals surface area contributed by atoms with Gasteiger partial charge in [-0.1, -0.05) is 48.5 Å². The van der Waals surface area contributed by atoms with Crippen LogP contribution in [0.2, 0.25) is 0 Å². The number of amides is 1. The highest BCUT2D eigenvalue weighted by atomic mass is 16.2. The molecule has 5 rings (SSSR count). The lowest BCUT2D eigenvalue weighted by atomic mass is 10.1. The molecule has 0 unspecified atom stereocenters. The van der Waals surface area contributed by atoms with E-state index in [1.165, 1.54) is 5.56 Å². The molecule has 2 aromatic heterocycles. The third-order valence-corrected chi connectivity index (χ3v) is 5.84. The molecule has 32 heavy (non-hydrogen) atoms. The molecular weight excluding hydrogens is 400 g/mol. The first-order chi connectivity index (χ1) is 15.7. The van der Waals surface area contributed by atoms with Crippen molar-refractivity contribution in [2.45, 2.75) is 6.54 Å². The van der Waals surface area contributed by atoms with Gasteiger partial charge in [0, 0.05) is 63.3 Å². The van der Waals surface area contributed by atoms with E-state index in [4.69, 9.17) is 5.10 Å². The van der Waals surface area contributed by atoms with Gasteiger partial charge < -0.3 is 4.90 Å². The van der Waals surface area contributed by atoms with Gasteiger partial charge in [0.25, 0.3) is 5.91 Å². The molecule has 2 aromatic carbocycles. The first kappa shape index (κ1) is 20.2. The van der Waals surface area contributed by atoms with Gasteiger partial charge in [0.2, 0.25) is 0 Å². The summed E-state index contributed by atoms with van der Waals surface area (Å²) in [4.78, 5) is 17.9. The fourth-order valence-corrected chi connectivity index (χ4v) is 4.14. The summed E-state index contributed by atoms with van der Waals surface area (Å²) in [6.45, 7) is 3.94. The Kier molecular flexibility index (Phi) is 5.56. The molecule has 4 aromatic rings. The molecule has 0 aliphatic carbocycles. The van der Waals surface area contributed by atoms with Gasteiger partial charge in [-0.2, -0.15) is 10.2 Å². The minimum Gasteiger partial charge on any atom is -0.336 e. The van der Waals surface area contributed by atoms with E-state index >= 15 is 0 Å². The van der Waals surface area contributed by atoms with Crippen LogP contribution in [0.3, 0.4) is 0 Å². The second-order valence-electron chi connectivity index (χ2n) is 8.13. The van der Waals surface area contributed by atoms with Crippen molar-refractivity contribution in [2.75, 3.05) is 26.2 Å². The topological polar surface area (TPSA) is 59.2 Å². The molecule has 1 aliphatic heterocycles. The Morgan fingerprint density at radius 1 is 0.906 bits per heavy atom. The molecule has 7 heteroatoms. The molecule has 1 saturated heterocycles. The number of hydrogen-bond donors (Lipinski definition) is 0. The van der Waals surface area contributed by atoms with E-state index in [-0.39, 0.29) is 5.91 Å². The fourth-order valence-electron chi connectivity index (χ4n) is 4.14. The number of rotatable bonds is 5. The molecule has 0 N–H and O–H groups in total. The van der Waals surface area contributed by atoms with Crippen molar-refractivity contribution in [2.24, 2.45) is 7.05 Å². The van der Waals surface area contributed by atoms with Crippen LogP contribution in [0, 0.1) is 0 Å². The maximum absolute atomic E-state index is 13.5. The molecule has 0 atom stereocenters. The standard InChI is InChI=1S/C25H26N6O/c1-28-17-20(16-26-28)18-29-12-14-30(15-13-29)25(32)23-19-31(22-10-6-3-7-11-22)27-24(23)21-8-4-2-5-9-21/h2-11,16-17,19H,12-15,18H2,1H3. The maximum Gasteiger partial charge on any atom is 0.257 e. The highest BCUT2D eigenvalue weighted by molar-refractivity contribution is 6.00. The Labute approximate surface area is 187 Å². The SMILES string of the molecule is Cn1cc(CN2CCN(C(=O)c3cn(-c4ccccc4)nc3-c3ccccc3)CC2)cn1. The zero-order valence-corrected chi connectivity index (χ0v) is 18.1. The Balaban J connectivity index is 1.36. The summed E-state index contributed by atoms with van der Waals surface area (Å²) < 4.78 is 3.62. The highest BCUT2D eigenvalue weighted by Crippen LogP contribution is 2.25. The number of aryl methyl sites for hydroxylation is 1. The van der Waals surface area contributed by atoms with Crippen molar-refractivity contribution in [1.29, 1.82) is 0 Å². The smallest absolute Gasteiger partial charge is 0.257 e. The van der Waals surface area contributed by atoms with Crippen molar-refractivity contribution in [3.8, 4) is 16.9 Å². The molecule has 1 aliphatic rings. The lowest BCUT2D eigenvalue weighted by Gasteiger charge is -2.34. The van der Waals surface area contributed by atoms with Crippen LogP contribution in [0.5, 0.6) is 0 Å². The largest absolute Gasteiger partial charge is 0.336 e. The van der Waals surface area contributed by atoms with Gasteiger partial charge in [0.05, 0.1) is 17.4 Å². The van der Waals surface area contributed by atoms with E-state index in [9.17, 15) is 4.79 Å². The number of piperazine rings is 1. The summed E-state index contributed by atoms with van der Waals surface area (Å²) in [6.07, 6.45) is 5.81. The van der Waals surface area contributed by atoms with Crippen LogP contribution in [0.1, 0.15) is 15.9 Å². The molecule has 0 bridgehead atoms. The lowest BCUT2D eigenvalue weighted by Crippen LogP contribution is -2.48. The number of carbonyl (C=O) groups excluding carboxylic acids is 1. The summed E-state index contributed by atoms with van der Waals surface area (Å²) in [6, 6.07) is 19.8. The normalized spacial score (nSPS) is 14.6. The van der Waals surface area contributed by atoms with Crippen molar-refractivity contribution >= 4 is 5.91 Å². The summed E-state index contributed by atoms with van der Waals surface area (Å²) in [7, 11) is 1.93. The number of benzene rings is 2. The Hall–Kier alpha value is -3.71. The molecule has 7 nitrogen and oxygen atoms in total. The lowest BCUT2D eigenvalue weighted by molar-refractivity contribution is 0.0629. The van der Waals surface area contributed by atoms with Gasteiger partial charge in [0.1, 0.15) is 5.69 Å². The number of para-hydroxylation sites is 1. The summed E-state index contributed by atoms with van der Waals surface area (Å²) >= 11 is 0. The fraction of sp³-hybridized carbons (Fsp3) is 0.240. The second-order valence-corrected chi connectivity index (χ2v) is 8.13. The van der Waals surface area contributed by atoms with Crippen molar-refractivity contribution < 1.29 is 4.79 Å². The molecule has 1 amide bonds. The van der Waals surface area contributed by atoms with Crippen LogP contribution < -0.4 is 0 Å². The van der Waals surface area contributed by atoms with Gasteiger partial charge in [-0.05, 0) is 12.1 Å². The molecule has 0 saturated carbocycles. The first-order valence-electron chi connectivity index (χ1n) is 10.9. The predicted octanol–water partition coefficient (Wildman–Crippen LogP) is 3.23. The molecule has 0 spiro atoms. The Morgan fingerprint density at radius 2 is 1.59 bits per heavy atom. The van der Waals surface area contributed by atoms with Crippen LogP contribution in [0.4, 0.5) is 0 Å². The van der Waals surface area contributed by atoms with Crippen LogP contribution in [0.25, 0.3) is 16.9 Å².